The van der Waals surface area contributed by atoms with E-state index < -0.39 is 0 Å². The van der Waals surface area contributed by atoms with Crippen LogP contribution in [0.3, 0.4) is 0 Å². The van der Waals surface area contributed by atoms with Gasteiger partial charge >= 0.3 is 0 Å². The smallest absolute Gasteiger partial charge is 0.158 e. The van der Waals surface area contributed by atoms with Gasteiger partial charge in [0.15, 0.2) is 5.78 Å². The van der Waals surface area contributed by atoms with Crippen molar-refractivity contribution >= 4 is 5.78 Å². The van der Waals surface area contributed by atoms with E-state index in [4.69, 9.17) is 0 Å². The molecule has 0 amide bonds. The summed E-state index contributed by atoms with van der Waals surface area (Å²) in [5.41, 5.74) is 1.07. The molecule has 0 aromatic heterocycles. The molecular weight excluding hydrogens is 172 g/mol. The summed E-state index contributed by atoms with van der Waals surface area (Å²) in [6.45, 7) is 4.04. The summed E-state index contributed by atoms with van der Waals surface area (Å²) in [4.78, 5) is 11.5. The van der Waals surface area contributed by atoms with Gasteiger partial charge in [0.1, 0.15) is 0 Å². The number of carbonyl (C=O) groups is 1. The highest BCUT2D eigenvalue weighted by molar-refractivity contribution is 5.94. The molecule has 0 bridgehead atoms. The van der Waals surface area contributed by atoms with Gasteiger partial charge in [0, 0.05) is 6.42 Å². The van der Waals surface area contributed by atoms with Crippen LogP contribution in [0.25, 0.3) is 0 Å². The Bertz CT molecular complexity index is 209. The molecule has 0 radical (unpaired) electrons. The predicted molar refractivity (Wildman–Crippen MR) is 60.2 cm³/mol. The van der Waals surface area contributed by atoms with Crippen molar-refractivity contribution in [2.75, 3.05) is 0 Å². The van der Waals surface area contributed by atoms with Gasteiger partial charge in [-0.1, -0.05) is 39.2 Å². The summed E-state index contributed by atoms with van der Waals surface area (Å²) in [5.74, 6) is 1.03. The number of ketones is 1. The standard InChI is InChI=1S/C13H22O/c1-3-12(13(14)4-2)10-11-8-6-5-7-9-11/h10-11H,3-9H2,1-2H3/b12-10-. The molecule has 14 heavy (non-hydrogen) atoms. The number of allylic oxidation sites excluding steroid dienone is 2. The van der Waals surface area contributed by atoms with E-state index in [-0.39, 0.29) is 0 Å². The lowest BCUT2D eigenvalue weighted by Gasteiger charge is -2.19. The van der Waals surface area contributed by atoms with Gasteiger partial charge in [-0.3, -0.25) is 4.79 Å². The Kier molecular flexibility index (Phi) is 4.92. The van der Waals surface area contributed by atoms with E-state index in [1.807, 2.05) is 6.92 Å². The summed E-state index contributed by atoms with van der Waals surface area (Å²) < 4.78 is 0. The van der Waals surface area contributed by atoms with Gasteiger partial charge in [0.05, 0.1) is 0 Å². The molecule has 0 saturated heterocycles. The van der Waals surface area contributed by atoms with Crippen molar-refractivity contribution in [1.29, 1.82) is 0 Å². The maximum atomic E-state index is 11.5. The van der Waals surface area contributed by atoms with Crippen LogP contribution in [0.1, 0.15) is 58.8 Å². The largest absolute Gasteiger partial charge is 0.295 e. The van der Waals surface area contributed by atoms with Gasteiger partial charge in [-0.05, 0) is 30.8 Å². The highest BCUT2D eigenvalue weighted by Gasteiger charge is 2.13. The predicted octanol–water partition coefficient (Wildman–Crippen LogP) is 3.88. The molecule has 0 heterocycles. The number of rotatable bonds is 4. The first-order chi connectivity index (χ1) is 6.77. The lowest BCUT2D eigenvalue weighted by Crippen LogP contribution is -2.07. The fourth-order valence-corrected chi connectivity index (χ4v) is 2.22. The summed E-state index contributed by atoms with van der Waals surface area (Å²) in [7, 11) is 0. The number of Topliss-reactive ketones (excluding diaryl/α,β-unsaturated/α-hetero) is 1. The molecule has 0 unspecified atom stereocenters. The van der Waals surface area contributed by atoms with Crippen LogP contribution >= 0.6 is 0 Å². The minimum absolute atomic E-state index is 0.345. The summed E-state index contributed by atoms with van der Waals surface area (Å²) in [6, 6.07) is 0. The molecule has 1 aliphatic carbocycles. The number of hydrogen-bond acceptors (Lipinski definition) is 1. The van der Waals surface area contributed by atoms with E-state index >= 15 is 0 Å². The molecule has 1 rings (SSSR count). The second-order valence-corrected chi connectivity index (χ2v) is 4.22. The van der Waals surface area contributed by atoms with Crippen molar-refractivity contribution in [1.82, 2.24) is 0 Å². The summed E-state index contributed by atoms with van der Waals surface area (Å²) in [6.07, 6.45) is 10.5. The van der Waals surface area contributed by atoms with Crippen LogP contribution in [-0.4, -0.2) is 5.78 Å². The minimum Gasteiger partial charge on any atom is -0.295 e. The van der Waals surface area contributed by atoms with Crippen LogP contribution in [0.5, 0.6) is 0 Å². The van der Waals surface area contributed by atoms with Crippen molar-refractivity contribution in [2.24, 2.45) is 5.92 Å². The zero-order valence-electron chi connectivity index (χ0n) is 9.51. The first-order valence-corrected chi connectivity index (χ1v) is 6.01. The molecule has 0 atom stereocenters. The van der Waals surface area contributed by atoms with Gasteiger partial charge in [-0.25, -0.2) is 0 Å². The van der Waals surface area contributed by atoms with Gasteiger partial charge in [0.2, 0.25) is 0 Å². The molecule has 0 aromatic rings. The molecule has 0 aromatic carbocycles. The fraction of sp³-hybridized carbons (Fsp3) is 0.769. The van der Waals surface area contributed by atoms with E-state index in [2.05, 4.69) is 13.0 Å². The summed E-state index contributed by atoms with van der Waals surface area (Å²) in [5, 5.41) is 0. The molecule has 0 aliphatic heterocycles. The van der Waals surface area contributed by atoms with E-state index in [1.165, 1.54) is 32.1 Å². The molecule has 1 nitrogen and oxygen atoms in total. The molecule has 80 valence electrons. The third kappa shape index (κ3) is 3.28. The van der Waals surface area contributed by atoms with Gasteiger partial charge in [-0.15, -0.1) is 0 Å². The highest BCUT2D eigenvalue weighted by Crippen LogP contribution is 2.26. The maximum Gasteiger partial charge on any atom is 0.158 e. The average molecular weight is 194 g/mol. The normalized spacial score (nSPS) is 19.7. The Hall–Kier alpha value is -0.590. The topological polar surface area (TPSA) is 17.1 Å². The molecule has 1 saturated carbocycles. The lowest BCUT2D eigenvalue weighted by molar-refractivity contribution is -0.115. The van der Waals surface area contributed by atoms with E-state index in [0.717, 1.165) is 12.0 Å². The quantitative estimate of drug-likeness (QED) is 0.621. The van der Waals surface area contributed by atoms with Crippen LogP contribution in [-0.2, 0) is 4.79 Å². The molecule has 0 spiro atoms. The maximum absolute atomic E-state index is 11.5. The van der Waals surface area contributed by atoms with Crippen molar-refractivity contribution in [2.45, 2.75) is 58.8 Å². The molecule has 1 fully saturated rings. The van der Waals surface area contributed by atoms with Crippen LogP contribution in [0, 0.1) is 5.92 Å². The van der Waals surface area contributed by atoms with Gasteiger partial charge in [-0.2, -0.15) is 0 Å². The van der Waals surface area contributed by atoms with Crippen LogP contribution in [0.2, 0.25) is 0 Å². The summed E-state index contributed by atoms with van der Waals surface area (Å²) >= 11 is 0. The molecule has 0 N–H and O–H groups in total. The Morgan fingerprint density at radius 2 is 1.79 bits per heavy atom. The SMILES string of the molecule is CCC(=O)/C(=C\C1CCCCC1)CC. The molecule has 1 aliphatic rings. The highest BCUT2D eigenvalue weighted by atomic mass is 16.1. The van der Waals surface area contributed by atoms with E-state index in [9.17, 15) is 4.79 Å². The third-order valence-electron chi connectivity index (χ3n) is 3.15. The van der Waals surface area contributed by atoms with Crippen LogP contribution < -0.4 is 0 Å². The minimum atomic E-state index is 0.345. The zero-order chi connectivity index (χ0) is 10.4. The Morgan fingerprint density at radius 3 is 2.29 bits per heavy atom. The first-order valence-electron chi connectivity index (χ1n) is 6.01. The monoisotopic (exact) mass is 194 g/mol. The van der Waals surface area contributed by atoms with Crippen molar-refractivity contribution in [3.05, 3.63) is 11.6 Å². The zero-order valence-corrected chi connectivity index (χ0v) is 9.51. The van der Waals surface area contributed by atoms with E-state index in [1.54, 1.807) is 0 Å². The number of carbonyl (C=O) groups excluding carboxylic acids is 1. The Labute approximate surface area is 87.6 Å². The Balaban J connectivity index is 2.56. The lowest BCUT2D eigenvalue weighted by atomic mass is 9.87. The molecular formula is C13H22O. The Morgan fingerprint density at radius 1 is 1.14 bits per heavy atom. The number of hydrogen-bond donors (Lipinski definition) is 0. The van der Waals surface area contributed by atoms with Crippen molar-refractivity contribution in [3.63, 3.8) is 0 Å². The van der Waals surface area contributed by atoms with Gasteiger partial charge in [0.25, 0.3) is 0 Å². The second-order valence-electron chi connectivity index (χ2n) is 4.22. The second kappa shape index (κ2) is 6.00. The molecule has 1 heteroatoms. The van der Waals surface area contributed by atoms with Crippen LogP contribution in [0.15, 0.2) is 11.6 Å². The van der Waals surface area contributed by atoms with Crippen LogP contribution in [0.4, 0.5) is 0 Å². The first kappa shape index (κ1) is 11.5. The van der Waals surface area contributed by atoms with Crippen molar-refractivity contribution in [3.8, 4) is 0 Å². The van der Waals surface area contributed by atoms with E-state index in [0.29, 0.717) is 18.1 Å². The van der Waals surface area contributed by atoms with Crippen molar-refractivity contribution < 1.29 is 4.79 Å². The van der Waals surface area contributed by atoms with Gasteiger partial charge < -0.3 is 0 Å². The average Bonchev–Trinajstić information content (AvgIpc) is 2.26. The fourth-order valence-electron chi connectivity index (χ4n) is 2.22. The third-order valence-corrected chi connectivity index (χ3v) is 3.15.